The number of rotatable bonds is 11. The molecule has 0 fully saturated rings. The molecular weight excluding hydrogens is 437 g/mol. The van der Waals surface area contributed by atoms with Gasteiger partial charge in [-0.2, -0.15) is 0 Å². The average molecular weight is 466 g/mol. The Morgan fingerprint density at radius 1 is 1.18 bits per heavy atom. The van der Waals surface area contributed by atoms with Crippen molar-refractivity contribution in [3.05, 3.63) is 89.0 Å². The summed E-state index contributed by atoms with van der Waals surface area (Å²) in [6.07, 6.45) is 1.63. The van der Waals surface area contributed by atoms with Crippen LogP contribution in [-0.4, -0.2) is 30.4 Å². The number of anilines is 1. The van der Waals surface area contributed by atoms with Gasteiger partial charge >= 0.3 is 0 Å². The zero-order valence-corrected chi connectivity index (χ0v) is 19.1. The lowest BCUT2D eigenvalue weighted by Crippen LogP contribution is -2.46. The summed E-state index contributed by atoms with van der Waals surface area (Å²) in [7, 11) is 1.43. The molecule has 6 N–H and O–H groups in total. The Morgan fingerprint density at radius 2 is 1.97 bits per heavy atom. The molecule has 8 nitrogen and oxygen atoms in total. The molecule has 1 unspecified atom stereocenters. The molecule has 3 aromatic rings. The number of halogens is 1. The number of pyridine rings is 1. The summed E-state index contributed by atoms with van der Waals surface area (Å²) in [5.74, 6) is -1.31. The summed E-state index contributed by atoms with van der Waals surface area (Å²) in [6.45, 7) is 2.21. The predicted molar refractivity (Wildman–Crippen MR) is 128 cm³/mol. The first kappa shape index (κ1) is 24.7. The van der Waals surface area contributed by atoms with Crippen molar-refractivity contribution in [2.45, 2.75) is 25.5 Å². The standard InChI is InChI=1S/C25H28FN5O3/c1-3-34-25(24(29)32,20-10-9-19(33-2)13-21(20)26)14-17-8-7-16(23(27)28)12-22(17)31-15-18-6-4-5-11-30-18/h4-13,31H,3,14-15H2,1-2H3,(H3,27,28)(H2,29,32). The summed E-state index contributed by atoms with van der Waals surface area (Å²) in [4.78, 5) is 17.1. The van der Waals surface area contributed by atoms with Gasteiger partial charge in [0, 0.05) is 42.1 Å². The number of carbonyl (C=O) groups excluding carboxylic acids is 1. The van der Waals surface area contributed by atoms with Gasteiger partial charge in [-0.25, -0.2) is 4.39 Å². The molecule has 0 spiro atoms. The van der Waals surface area contributed by atoms with E-state index in [0.717, 1.165) is 5.69 Å². The maximum absolute atomic E-state index is 15.1. The van der Waals surface area contributed by atoms with Crippen LogP contribution in [0.15, 0.2) is 60.8 Å². The number of benzene rings is 2. The van der Waals surface area contributed by atoms with E-state index in [0.29, 0.717) is 29.1 Å². The van der Waals surface area contributed by atoms with Crippen molar-refractivity contribution in [2.24, 2.45) is 11.5 Å². The van der Waals surface area contributed by atoms with Crippen molar-refractivity contribution in [1.82, 2.24) is 4.98 Å². The van der Waals surface area contributed by atoms with Crippen LogP contribution in [0.5, 0.6) is 5.75 Å². The lowest BCUT2D eigenvalue weighted by atomic mass is 9.84. The van der Waals surface area contributed by atoms with Gasteiger partial charge in [0.1, 0.15) is 17.4 Å². The number of hydrogen-bond donors (Lipinski definition) is 4. The van der Waals surface area contributed by atoms with E-state index < -0.39 is 17.3 Å². The summed E-state index contributed by atoms with van der Waals surface area (Å²) >= 11 is 0. The largest absolute Gasteiger partial charge is 0.497 e. The number of aromatic nitrogens is 1. The monoisotopic (exact) mass is 465 g/mol. The first-order valence-corrected chi connectivity index (χ1v) is 10.7. The molecule has 1 heterocycles. The molecule has 34 heavy (non-hydrogen) atoms. The number of methoxy groups -OCH3 is 1. The topological polar surface area (TPSA) is 136 Å². The number of hydrogen-bond acceptors (Lipinski definition) is 6. The Labute approximate surface area is 197 Å². The highest BCUT2D eigenvalue weighted by atomic mass is 19.1. The van der Waals surface area contributed by atoms with Crippen molar-refractivity contribution in [3.8, 4) is 5.75 Å². The van der Waals surface area contributed by atoms with Crippen LogP contribution < -0.4 is 21.5 Å². The molecular formula is C25H28FN5O3. The number of nitrogens with two attached hydrogens (primary N) is 2. The minimum atomic E-state index is -1.77. The fourth-order valence-electron chi connectivity index (χ4n) is 3.73. The van der Waals surface area contributed by atoms with Crippen LogP contribution >= 0.6 is 0 Å². The van der Waals surface area contributed by atoms with Crippen LogP contribution in [-0.2, 0) is 28.1 Å². The molecule has 178 valence electrons. The van der Waals surface area contributed by atoms with Gasteiger partial charge in [-0.1, -0.05) is 18.2 Å². The number of nitrogen functional groups attached to an aromatic ring is 1. The van der Waals surface area contributed by atoms with E-state index in [9.17, 15) is 4.79 Å². The number of carbonyl (C=O) groups is 1. The fraction of sp³-hybridized carbons (Fsp3) is 0.240. The molecule has 0 saturated heterocycles. The van der Waals surface area contributed by atoms with Gasteiger partial charge < -0.3 is 26.3 Å². The van der Waals surface area contributed by atoms with Gasteiger partial charge in [-0.05, 0) is 42.8 Å². The molecule has 0 aliphatic heterocycles. The van der Waals surface area contributed by atoms with Crippen molar-refractivity contribution in [3.63, 3.8) is 0 Å². The predicted octanol–water partition coefficient (Wildman–Crippen LogP) is 3.09. The van der Waals surface area contributed by atoms with Crippen LogP contribution in [0.1, 0.15) is 29.3 Å². The third-order valence-corrected chi connectivity index (χ3v) is 5.45. The van der Waals surface area contributed by atoms with Crippen LogP contribution in [0.3, 0.4) is 0 Å². The van der Waals surface area contributed by atoms with Crippen LogP contribution in [0.25, 0.3) is 0 Å². The van der Waals surface area contributed by atoms with E-state index >= 15 is 4.39 Å². The molecule has 9 heteroatoms. The molecule has 0 aliphatic carbocycles. The smallest absolute Gasteiger partial charge is 0.254 e. The van der Waals surface area contributed by atoms with Gasteiger partial charge in [0.05, 0.1) is 19.3 Å². The molecule has 0 saturated carbocycles. The number of ether oxygens (including phenoxy) is 2. The maximum Gasteiger partial charge on any atom is 0.254 e. The number of nitrogens with zero attached hydrogens (tertiary/aromatic N) is 1. The van der Waals surface area contributed by atoms with Gasteiger partial charge in [0.2, 0.25) is 0 Å². The lowest BCUT2D eigenvalue weighted by molar-refractivity contribution is -0.145. The SMILES string of the molecule is CCOC(Cc1ccc(C(=N)N)cc1NCc1ccccn1)(C(N)=O)c1ccc(OC)cc1F. The molecule has 0 bridgehead atoms. The Bertz CT molecular complexity index is 1170. The van der Waals surface area contributed by atoms with Gasteiger partial charge in [-0.3, -0.25) is 15.2 Å². The minimum absolute atomic E-state index is 0.00831. The number of primary amides is 1. The highest BCUT2D eigenvalue weighted by Crippen LogP contribution is 2.36. The first-order chi connectivity index (χ1) is 16.3. The Hall–Kier alpha value is -3.98. The number of nitrogens with one attached hydrogen (secondary N) is 2. The van der Waals surface area contributed by atoms with Crippen molar-refractivity contribution < 1.29 is 18.7 Å². The molecule has 2 aromatic carbocycles. The lowest BCUT2D eigenvalue weighted by Gasteiger charge is -2.32. The Kier molecular flexibility index (Phi) is 7.80. The van der Waals surface area contributed by atoms with Crippen molar-refractivity contribution in [2.75, 3.05) is 19.0 Å². The third-order valence-electron chi connectivity index (χ3n) is 5.45. The summed E-state index contributed by atoms with van der Waals surface area (Å²) < 4.78 is 26.1. The number of amides is 1. The summed E-state index contributed by atoms with van der Waals surface area (Å²) in [5.41, 5.74) is 12.2. The van der Waals surface area contributed by atoms with E-state index in [1.165, 1.54) is 19.2 Å². The second kappa shape index (κ2) is 10.8. The molecule has 3 rings (SSSR count). The molecule has 1 amide bonds. The normalized spacial score (nSPS) is 12.6. The van der Waals surface area contributed by atoms with E-state index in [1.54, 1.807) is 37.4 Å². The minimum Gasteiger partial charge on any atom is -0.497 e. The zero-order chi connectivity index (χ0) is 24.7. The molecule has 1 atom stereocenters. The zero-order valence-electron chi connectivity index (χ0n) is 19.1. The van der Waals surface area contributed by atoms with E-state index in [1.807, 2.05) is 18.2 Å². The maximum atomic E-state index is 15.1. The second-order valence-corrected chi connectivity index (χ2v) is 7.61. The Balaban J connectivity index is 2.07. The van der Waals surface area contributed by atoms with Crippen molar-refractivity contribution >= 4 is 17.4 Å². The van der Waals surface area contributed by atoms with Gasteiger partial charge in [-0.15, -0.1) is 0 Å². The highest BCUT2D eigenvalue weighted by Gasteiger charge is 2.42. The second-order valence-electron chi connectivity index (χ2n) is 7.61. The van der Waals surface area contributed by atoms with E-state index in [-0.39, 0.29) is 24.4 Å². The third kappa shape index (κ3) is 5.32. The van der Waals surface area contributed by atoms with Gasteiger partial charge in [0.15, 0.2) is 5.60 Å². The van der Waals surface area contributed by atoms with Crippen LogP contribution in [0.2, 0.25) is 0 Å². The summed E-state index contributed by atoms with van der Waals surface area (Å²) in [5, 5.41) is 11.1. The quantitative estimate of drug-likeness (QED) is 0.254. The average Bonchev–Trinajstić information content (AvgIpc) is 2.83. The highest BCUT2D eigenvalue weighted by molar-refractivity contribution is 5.96. The Morgan fingerprint density at radius 3 is 2.56 bits per heavy atom. The van der Waals surface area contributed by atoms with Gasteiger partial charge in [0.25, 0.3) is 5.91 Å². The molecule has 0 radical (unpaired) electrons. The molecule has 1 aromatic heterocycles. The first-order valence-electron chi connectivity index (χ1n) is 10.7. The number of amidine groups is 1. The van der Waals surface area contributed by atoms with E-state index in [2.05, 4.69) is 10.3 Å². The summed E-state index contributed by atoms with van der Waals surface area (Å²) in [6, 6.07) is 14.8. The van der Waals surface area contributed by atoms with Crippen molar-refractivity contribution in [1.29, 1.82) is 5.41 Å². The fourth-order valence-corrected chi connectivity index (χ4v) is 3.73. The van der Waals surface area contributed by atoms with Crippen LogP contribution in [0, 0.1) is 11.2 Å². The molecule has 0 aliphatic rings. The van der Waals surface area contributed by atoms with Crippen LogP contribution in [0.4, 0.5) is 10.1 Å². The van der Waals surface area contributed by atoms with E-state index in [4.69, 9.17) is 26.4 Å².